The van der Waals surface area contributed by atoms with Gasteiger partial charge in [0, 0.05) is 24.6 Å². The van der Waals surface area contributed by atoms with Gasteiger partial charge in [0.2, 0.25) is 0 Å². The quantitative estimate of drug-likeness (QED) is 0.0955. The second-order valence-electron chi connectivity index (χ2n) is 8.59. The minimum Gasteiger partial charge on any atom is -0.506 e. The Morgan fingerprint density at radius 3 is 2.46 bits per heavy atom. The van der Waals surface area contributed by atoms with E-state index in [0.29, 0.717) is 17.3 Å². The summed E-state index contributed by atoms with van der Waals surface area (Å²) in [5, 5.41) is 21.2. The summed E-state index contributed by atoms with van der Waals surface area (Å²) in [6, 6.07) is 4.65. The molecule has 8 nitrogen and oxygen atoms in total. The number of benzene rings is 1. The third-order valence-corrected chi connectivity index (χ3v) is 6.50. The molecule has 1 aromatic carbocycles. The number of anilines is 1. The predicted molar refractivity (Wildman–Crippen MR) is 164 cm³/mol. The molecule has 39 heavy (non-hydrogen) atoms. The Morgan fingerprint density at radius 2 is 1.90 bits per heavy atom. The fourth-order valence-electron chi connectivity index (χ4n) is 2.97. The maximum atomic E-state index is 12.6. The van der Waals surface area contributed by atoms with Crippen LogP contribution >= 0.6 is 11.8 Å². The van der Waals surface area contributed by atoms with Crippen molar-refractivity contribution in [2.45, 2.75) is 71.6 Å². The number of phenolic OH excluding ortho intramolecular Hbond substituents is 1. The van der Waals surface area contributed by atoms with Gasteiger partial charge in [-0.1, -0.05) is 64.8 Å². The van der Waals surface area contributed by atoms with Gasteiger partial charge in [0.1, 0.15) is 27.8 Å². The fraction of sp³-hybridized carbons (Fsp3) is 0.433. The van der Waals surface area contributed by atoms with Crippen molar-refractivity contribution in [1.82, 2.24) is 9.55 Å². The highest BCUT2D eigenvalue weighted by Crippen LogP contribution is 2.28. The van der Waals surface area contributed by atoms with E-state index in [1.807, 2.05) is 24.5 Å². The number of carbonyl (C=O) groups excluding carboxylic acids is 1. The number of allylic oxidation sites excluding steroid dienone is 2. The molecule has 0 atom stereocenters. The number of nitrogens with zero attached hydrogens (tertiary/aromatic N) is 2. The number of aromatic hydroxyl groups is 1. The van der Waals surface area contributed by atoms with Gasteiger partial charge in [-0.2, -0.15) is 0 Å². The van der Waals surface area contributed by atoms with Crippen molar-refractivity contribution in [3.8, 4) is 11.5 Å². The van der Waals surface area contributed by atoms with Crippen LogP contribution in [0.4, 0.5) is 5.69 Å². The molecule has 0 bridgehead atoms. The Bertz CT molecular complexity index is 1080. The lowest BCUT2D eigenvalue weighted by molar-refractivity contribution is -0.138. The molecule has 0 saturated heterocycles. The molecule has 3 N–H and O–H groups in total. The number of hydrogen-bond acceptors (Lipinski definition) is 6. The van der Waals surface area contributed by atoms with E-state index in [0.717, 1.165) is 19.4 Å². The first-order valence-electron chi connectivity index (χ1n) is 13.1. The van der Waals surface area contributed by atoms with E-state index in [1.165, 1.54) is 37.8 Å². The van der Waals surface area contributed by atoms with Crippen molar-refractivity contribution >= 4 is 35.4 Å². The number of nitrogens with one attached hydrogen (secondary N) is 1. The zero-order valence-corrected chi connectivity index (χ0v) is 25.0. The molecule has 2 rings (SSSR count). The molecule has 216 valence electrons. The molecule has 0 unspecified atom stereocenters. The van der Waals surface area contributed by atoms with E-state index in [-0.39, 0.29) is 23.0 Å². The van der Waals surface area contributed by atoms with Crippen molar-refractivity contribution in [2.75, 3.05) is 18.2 Å². The number of aryl methyl sites for hydroxylation is 1. The summed E-state index contributed by atoms with van der Waals surface area (Å²) in [7, 11) is 1.52. The van der Waals surface area contributed by atoms with Crippen LogP contribution in [0, 0.1) is 0 Å². The number of unbranched alkanes of at least 4 members (excludes halogenated alkanes) is 3. The Kier molecular flexibility index (Phi) is 17.8. The van der Waals surface area contributed by atoms with Crippen LogP contribution in [0.2, 0.25) is 0 Å². The number of aliphatic carboxylic acids is 1. The van der Waals surface area contributed by atoms with Crippen molar-refractivity contribution in [3.63, 3.8) is 0 Å². The molecule has 0 aliphatic heterocycles. The highest BCUT2D eigenvalue weighted by Gasteiger charge is 2.26. The van der Waals surface area contributed by atoms with E-state index < -0.39 is 10.7 Å². The van der Waals surface area contributed by atoms with Crippen LogP contribution in [0.25, 0.3) is 6.08 Å². The Morgan fingerprint density at radius 1 is 1.21 bits per heavy atom. The number of carboxylic acids is 1. The summed E-state index contributed by atoms with van der Waals surface area (Å²) in [5.74, 6) is 0.721. The highest BCUT2D eigenvalue weighted by molar-refractivity contribution is 8.01. The van der Waals surface area contributed by atoms with Gasteiger partial charge in [0.05, 0.1) is 12.8 Å². The summed E-state index contributed by atoms with van der Waals surface area (Å²) in [6.45, 7) is 17.5. The van der Waals surface area contributed by atoms with Crippen LogP contribution in [0.1, 0.15) is 76.6 Å². The number of hydrogen-bond donors (Lipinski definition) is 3. The van der Waals surface area contributed by atoms with Gasteiger partial charge in [0.15, 0.2) is 0 Å². The number of amides is 1. The van der Waals surface area contributed by atoms with Crippen LogP contribution in [-0.2, 0) is 11.3 Å². The number of carbonyl (C=O) groups is 2. The molecule has 0 spiro atoms. The van der Waals surface area contributed by atoms with Gasteiger partial charge in [-0.15, -0.1) is 18.3 Å². The van der Waals surface area contributed by atoms with Crippen LogP contribution in [0.5, 0.6) is 11.5 Å². The molecule has 0 fully saturated rings. The van der Waals surface area contributed by atoms with E-state index in [9.17, 15) is 14.7 Å². The summed E-state index contributed by atoms with van der Waals surface area (Å²) in [4.78, 5) is 27.5. The molecule has 1 aromatic heterocycles. The predicted octanol–water partition coefficient (Wildman–Crippen LogP) is 7.42. The second-order valence-corrected chi connectivity index (χ2v) is 10.2. The first kappa shape index (κ1) is 35.5. The second kappa shape index (κ2) is 19.6. The number of aromatic nitrogens is 2. The topological polar surface area (TPSA) is 114 Å². The molecule has 2 aromatic rings. The lowest BCUT2D eigenvalue weighted by atomic mass is 10.2. The smallest absolute Gasteiger partial charge is 0.319 e. The standard InChI is InChI=1S/C21H27N3O3.C7H12O2S.C2H6/c1-4-6-8-9-13-24-15-18(22-20(24)10-7-5-2)21(26)23-17-14-16(27-3)11-12-19(17)25;1-4-5-10-7(2,3)6(8)9;1-2/h5,7,10-12,14-15,25H,2,4,6,8-9,13H2,1,3H3,(H,23,26);4H,1,5H2,2-3H3,(H,8,9);1-2H3/b10-7+;;. The lowest BCUT2D eigenvalue weighted by Gasteiger charge is -2.16. The highest BCUT2D eigenvalue weighted by atomic mass is 32.2. The number of ether oxygens (including phenoxy) is 1. The lowest BCUT2D eigenvalue weighted by Crippen LogP contribution is -2.27. The average Bonchev–Trinajstić information content (AvgIpc) is 3.34. The number of phenols is 1. The molecule has 0 aliphatic carbocycles. The Labute approximate surface area is 237 Å². The third-order valence-electron chi connectivity index (χ3n) is 5.20. The van der Waals surface area contributed by atoms with E-state index in [4.69, 9.17) is 9.84 Å². The molecular formula is C30H45N3O5S. The van der Waals surface area contributed by atoms with E-state index >= 15 is 0 Å². The number of rotatable bonds is 14. The van der Waals surface area contributed by atoms with E-state index in [2.05, 4.69) is 30.4 Å². The zero-order valence-electron chi connectivity index (χ0n) is 24.2. The van der Waals surface area contributed by atoms with Gasteiger partial charge in [-0.25, -0.2) is 4.98 Å². The molecule has 1 amide bonds. The van der Waals surface area contributed by atoms with Gasteiger partial charge in [-0.3, -0.25) is 9.59 Å². The molecule has 9 heteroatoms. The van der Waals surface area contributed by atoms with Crippen LogP contribution < -0.4 is 10.1 Å². The summed E-state index contributed by atoms with van der Waals surface area (Å²) < 4.78 is 6.41. The normalized spacial score (nSPS) is 10.5. The van der Waals surface area contributed by atoms with Gasteiger partial charge in [-0.05, 0) is 38.5 Å². The van der Waals surface area contributed by atoms with Gasteiger partial charge < -0.3 is 24.8 Å². The van der Waals surface area contributed by atoms with Crippen LogP contribution in [0.3, 0.4) is 0 Å². The number of carboxylic acid groups (broad SMARTS) is 1. The number of methoxy groups -OCH3 is 1. The number of thioether (sulfide) groups is 1. The summed E-state index contributed by atoms with van der Waals surface area (Å²) in [5.41, 5.74) is 0.566. The largest absolute Gasteiger partial charge is 0.506 e. The van der Waals surface area contributed by atoms with Crippen LogP contribution in [-0.4, -0.2) is 49.3 Å². The van der Waals surface area contributed by atoms with Gasteiger partial charge >= 0.3 is 5.97 Å². The monoisotopic (exact) mass is 559 g/mol. The average molecular weight is 560 g/mol. The third kappa shape index (κ3) is 13.2. The van der Waals surface area contributed by atoms with E-state index in [1.54, 1.807) is 50.4 Å². The first-order chi connectivity index (χ1) is 18.6. The molecule has 0 saturated carbocycles. The SMILES string of the molecule is C=C/C=C/c1nc(C(=O)Nc2cc(OC)ccc2O)cn1CCCCCC.C=CCSC(C)(C)C(=O)O.CC. The Hall–Kier alpha value is -3.46. The molecule has 0 radical (unpaired) electrons. The summed E-state index contributed by atoms with van der Waals surface area (Å²) >= 11 is 1.37. The number of imidazole rings is 1. The van der Waals surface area contributed by atoms with Crippen molar-refractivity contribution < 1.29 is 24.5 Å². The summed E-state index contributed by atoms with van der Waals surface area (Å²) in [6.07, 6.45) is 13.3. The van der Waals surface area contributed by atoms with Crippen LogP contribution in [0.15, 0.2) is 55.8 Å². The zero-order chi connectivity index (χ0) is 29.8. The first-order valence-corrected chi connectivity index (χ1v) is 14.1. The van der Waals surface area contributed by atoms with Crippen molar-refractivity contribution in [1.29, 1.82) is 0 Å². The Balaban J connectivity index is 0.00000101. The molecule has 0 aliphatic rings. The minimum absolute atomic E-state index is 0.0325. The maximum Gasteiger partial charge on any atom is 0.319 e. The maximum absolute atomic E-state index is 12.6. The van der Waals surface area contributed by atoms with Gasteiger partial charge in [0.25, 0.3) is 5.91 Å². The molecule has 1 heterocycles. The van der Waals surface area contributed by atoms with Crippen molar-refractivity contribution in [3.05, 3.63) is 67.3 Å². The van der Waals surface area contributed by atoms with Crippen molar-refractivity contribution in [2.24, 2.45) is 0 Å². The fourth-order valence-corrected chi connectivity index (χ4v) is 3.63. The minimum atomic E-state index is -0.778. The molecular weight excluding hydrogens is 514 g/mol.